The summed E-state index contributed by atoms with van der Waals surface area (Å²) >= 11 is 0. The molecule has 0 N–H and O–H groups in total. The molecule has 0 aliphatic carbocycles. The smallest absolute Gasteiger partial charge is 0.415 e. The first-order valence-corrected chi connectivity index (χ1v) is 12.4. The summed E-state index contributed by atoms with van der Waals surface area (Å²) in [5.74, 6) is -2.48. The average Bonchev–Trinajstić information content (AvgIpc) is 2.90. The van der Waals surface area contributed by atoms with Crippen molar-refractivity contribution in [2.75, 3.05) is 31.1 Å². The first kappa shape index (κ1) is 25.0. The molecule has 3 heterocycles. The molecule has 3 aromatic carbocycles. The summed E-state index contributed by atoms with van der Waals surface area (Å²) in [6.45, 7) is 2.31. The number of rotatable bonds is 7. The lowest BCUT2D eigenvalue weighted by Gasteiger charge is -2.51. The van der Waals surface area contributed by atoms with Gasteiger partial charge in [-0.15, -0.1) is 0 Å². The van der Waals surface area contributed by atoms with Gasteiger partial charge in [0.1, 0.15) is 18.9 Å². The molecule has 3 fully saturated rings. The number of fused-ring (bicyclic) bond motifs is 3. The van der Waals surface area contributed by atoms with E-state index in [0.29, 0.717) is 28.7 Å². The number of para-hydroxylation sites is 1. The molecule has 3 aliphatic heterocycles. The fourth-order valence-electron chi connectivity index (χ4n) is 5.53. The van der Waals surface area contributed by atoms with Gasteiger partial charge in [-0.25, -0.2) is 18.0 Å². The molecule has 37 heavy (non-hydrogen) atoms. The lowest BCUT2D eigenvalue weighted by atomic mass is 9.83. The molecule has 6 rings (SSSR count). The predicted octanol–water partition coefficient (Wildman–Crippen LogP) is 5.74. The Morgan fingerprint density at radius 2 is 1.57 bits per heavy atom. The molecule has 8 heteroatoms. The van der Waals surface area contributed by atoms with Gasteiger partial charge in [0.25, 0.3) is 0 Å². The first-order valence-electron chi connectivity index (χ1n) is 12.4. The summed E-state index contributed by atoms with van der Waals surface area (Å²) in [5, 5.41) is 0. The molecular weight excluding hydrogens is 481 g/mol. The van der Waals surface area contributed by atoms with Crippen LogP contribution in [0.5, 0.6) is 0 Å². The van der Waals surface area contributed by atoms with Crippen molar-refractivity contribution >= 4 is 17.6 Å². The normalized spacial score (nSPS) is 22.5. The van der Waals surface area contributed by atoms with Gasteiger partial charge in [0, 0.05) is 24.3 Å². The molecule has 0 saturated carbocycles. The van der Waals surface area contributed by atoms with Crippen LogP contribution in [0.3, 0.4) is 0 Å². The Morgan fingerprint density at radius 3 is 2.27 bits per heavy atom. The van der Waals surface area contributed by atoms with Crippen molar-refractivity contribution in [1.29, 1.82) is 0 Å². The zero-order chi connectivity index (χ0) is 26.0. The van der Waals surface area contributed by atoms with Gasteiger partial charge in [-0.1, -0.05) is 48.5 Å². The van der Waals surface area contributed by atoms with Gasteiger partial charge >= 0.3 is 6.09 Å². The third-order valence-electron chi connectivity index (χ3n) is 7.56. The van der Waals surface area contributed by atoms with Crippen LogP contribution in [-0.4, -0.2) is 48.6 Å². The zero-order valence-electron chi connectivity index (χ0n) is 20.3. The minimum absolute atomic E-state index is 0.0124. The lowest BCUT2D eigenvalue weighted by molar-refractivity contribution is -0.938. The molecule has 3 aromatic rings. The summed E-state index contributed by atoms with van der Waals surface area (Å²) in [6, 6.07) is 18.2. The van der Waals surface area contributed by atoms with E-state index in [1.165, 1.54) is 24.3 Å². The van der Waals surface area contributed by atoms with Crippen molar-refractivity contribution in [2.24, 2.45) is 5.92 Å². The number of carbonyl (C=O) groups excluding carboxylic acids is 2. The van der Waals surface area contributed by atoms with Crippen molar-refractivity contribution in [1.82, 2.24) is 0 Å². The Morgan fingerprint density at radius 1 is 0.865 bits per heavy atom. The number of amides is 1. The second-order valence-electron chi connectivity index (χ2n) is 9.96. The van der Waals surface area contributed by atoms with Gasteiger partial charge in [0.05, 0.1) is 25.3 Å². The van der Waals surface area contributed by atoms with Crippen LogP contribution < -0.4 is 4.90 Å². The number of quaternary nitrogens is 1. The maximum absolute atomic E-state index is 14.7. The minimum Gasteiger partial charge on any atom is -0.440 e. The second-order valence-corrected chi connectivity index (χ2v) is 9.96. The van der Waals surface area contributed by atoms with Crippen LogP contribution in [0.2, 0.25) is 0 Å². The van der Waals surface area contributed by atoms with E-state index >= 15 is 0 Å². The Kier molecular flexibility index (Phi) is 7.02. The van der Waals surface area contributed by atoms with Gasteiger partial charge in [0.15, 0.2) is 17.7 Å². The molecule has 0 radical (unpaired) electrons. The van der Waals surface area contributed by atoms with Crippen LogP contribution in [0.4, 0.5) is 23.7 Å². The number of Topliss-reactive ketones (excluding diaryl/α,β-unsaturated/α-hetero) is 1. The lowest BCUT2D eigenvalue weighted by Crippen LogP contribution is -2.66. The Bertz CT molecular complexity index is 1290. The van der Waals surface area contributed by atoms with E-state index in [2.05, 4.69) is 0 Å². The maximum Gasteiger partial charge on any atom is 0.415 e. The van der Waals surface area contributed by atoms with Gasteiger partial charge in [-0.3, -0.25) is 9.69 Å². The van der Waals surface area contributed by atoms with Crippen molar-refractivity contribution in [3.05, 3.63) is 101 Å². The van der Waals surface area contributed by atoms with Crippen LogP contribution in [-0.2, 0) is 11.3 Å². The number of hydrogen-bond acceptors (Lipinski definition) is 3. The van der Waals surface area contributed by atoms with Gasteiger partial charge < -0.3 is 9.22 Å². The van der Waals surface area contributed by atoms with Crippen molar-refractivity contribution in [2.45, 2.75) is 25.5 Å². The van der Waals surface area contributed by atoms with Gasteiger partial charge in [-0.05, 0) is 29.8 Å². The van der Waals surface area contributed by atoms with E-state index in [0.717, 1.165) is 43.0 Å². The number of ketones is 1. The van der Waals surface area contributed by atoms with Crippen LogP contribution in [0.1, 0.15) is 28.8 Å². The standard InChI is InChI=1S/C29H28F3N2O3/c30-23-11-10-20(16-25(23)32)17-33(26-9-5-4-8-24(26)31)29(36)37-28-19-34(14-12-22(28)13-15-34)18-27(35)21-6-2-1-3-7-21/h1-11,16,22,28H,12-15,17-19H2/q+1. The predicted molar refractivity (Wildman–Crippen MR) is 132 cm³/mol. The Hall–Kier alpha value is -3.65. The summed E-state index contributed by atoms with van der Waals surface area (Å²) < 4.78 is 48.5. The number of nitrogens with zero attached hydrogens (tertiary/aromatic N) is 2. The van der Waals surface area contributed by atoms with Crippen molar-refractivity contribution in [3.63, 3.8) is 0 Å². The molecule has 0 spiro atoms. The number of halogens is 3. The van der Waals surface area contributed by atoms with Crippen LogP contribution in [0.15, 0.2) is 72.8 Å². The summed E-state index contributed by atoms with van der Waals surface area (Å²) in [6.07, 6.45) is 0.449. The number of benzene rings is 3. The van der Waals surface area contributed by atoms with Gasteiger partial charge in [-0.2, -0.15) is 0 Å². The van der Waals surface area contributed by atoms with E-state index in [1.54, 1.807) is 18.2 Å². The highest BCUT2D eigenvalue weighted by Gasteiger charge is 2.49. The van der Waals surface area contributed by atoms with Crippen molar-refractivity contribution in [3.8, 4) is 0 Å². The fourth-order valence-corrected chi connectivity index (χ4v) is 5.53. The molecule has 5 nitrogen and oxygen atoms in total. The second kappa shape index (κ2) is 10.4. The van der Waals surface area contributed by atoms with Crippen LogP contribution in [0, 0.1) is 23.4 Å². The number of hydrogen-bond donors (Lipinski definition) is 0. The zero-order valence-corrected chi connectivity index (χ0v) is 20.3. The number of carbonyl (C=O) groups is 2. The molecule has 192 valence electrons. The van der Waals surface area contributed by atoms with E-state index in [-0.39, 0.29) is 23.9 Å². The molecule has 1 unspecified atom stereocenters. The Balaban J connectivity index is 1.35. The molecule has 2 bridgehead atoms. The molecular formula is C29H28F3N2O3+. The Labute approximate surface area is 213 Å². The van der Waals surface area contributed by atoms with Crippen LogP contribution >= 0.6 is 0 Å². The number of piperidine rings is 3. The van der Waals surface area contributed by atoms with E-state index in [9.17, 15) is 22.8 Å². The fraction of sp³-hybridized carbons (Fsp3) is 0.310. The first-order chi connectivity index (χ1) is 17.8. The highest BCUT2D eigenvalue weighted by molar-refractivity contribution is 5.97. The van der Waals surface area contributed by atoms with E-state index in [1.807, 2.05) is 18.2 Å². The van der Waals surface area contributed by atoms with Crippen molar-refractivity contribution < 1.29 is 32.0 Å². The maximum atomic E-state index is 14.7. The summed E-state index contributed by atoms with van der Waals surface area (Å²) in [4.78, 5) is 27.5. The van der Waals surface area contributed by atoms with Gasteiger partial charge in [0.2, 0.25) is 5.78 Å². The topological polar surface area (TPSA) is 46.6 Å². The molecule has 0 aromatic heterocycles. The minimum atomic E-state index is -1.05. The molecule has 3 aliphatic rings. The molecule has 1 amide bonds. The average molecular weight is 510 g/mol. The van der Waals surface area contributed by atoms with E-state index < -0.39 is 29.6 Å². The third kappa shape index (κ3) is 5.39. The highest BCUT2D eigenvalue weighted by atomic mass is 19.2. The quantitative estimate of drug-likeness (QED) is 0.302. The highest BCUT2D eigenvalue weighted by Crippen LogP contribution is 2.36. The van der Waals surface area contributed by atoms with E-state index in [4.69, 9.17) is 4.74 Å². The van der Waals surface area contributed by atoms with Crippen LogP contribution in [0.25, 0.3) is 0 Å². The monoisotopic (exact) mass is 509 g/mol. The number of ether oxygens (including phenoxy) is 1. The largest absolute Gasteiger partial charge is 0.440 e. The SMILES string of the molecule is O=C(C[N+]12CCC(CC1)C(OC(=O)N(Cc1ccc(F)c(F)c1)c1ccccc1F)C2)c1ccccc1. The number of anilines is 1. The molecule has 1 atom stereocenters. The third-order valence-corrected chi connectivity index (χ3v) is 7.56. The summed E-state index contributed by atoms with van der Waals surface area (Å²) in [7, 11) is 0. The summed E-state index contributed by atoms with van der Waals surface area (Å²) in [5.41, 5.74) is 0.945. The molecule has 3 saturated heterocycles.